The average Bonchev–Trinajstić information content (AvgIpc) is 2.76. The van der Waals surface area contributed by atoms with Crippen molar-refractivity contribution in [1.82, 2.24) is 9.55 Å². The fourth-order valence-electron chi connectivity index (χ4n) is 3.70. The van der Waals surface area contributed by atoms with Gasteiger partial charge in [-0.1, -0.05) is 48.5 Å². The van der Waals surface area contributed by atoms with Gasteiger partial charge in [0.15, 0.2) is 5.69 Å². The van der Waals surface area contributed by atoms with E-state index >= 15 is 0 Å². The quantitative estimate of drug-likeness (QED) is 0.680. The zero-order valence-electron chi connectivity index (χ0n) is 16.5. The van der Waals surface area contributed by atoms with Crippen molar-refractivity contribution in [1.29, 1.82) is 0 Å². The molecule has 1 aliphatic rings. The molecular formula is C22H22N4O4. The van der Waals surface area contributed by atoms with Crippen LogP contribution in [0.1, 0.15) is 11.1 Å². The van der Waals surface area contributed by atoms with Crippen molar-refractivity contribution in [3.05, 3.63) is 86.6 Å². The standard InChI is InChI=1S/C22H22N4O4/c1-25(21(28)16-11-15-9-5-6-10-17(15)30-13-16)18-19(23)26(22(29)24-20(18)27)12-14-7-3-2-4-8-14/h2-10,16H,11-13,23H2,1H3,(H,24,27,29). The summed E-state index contributed by atoms with van der Waals surface area (Å²) in [5.41, 5.74) is 6.60. The van der Waals surface area contributed by atoms with Crippen molar-refractivity contribution in [2.45, 2.75) is 13.0 Å². The van der Waals surface area contributed by atoms with Gasteiger partial charge >= 0.3 is 5.69 Å². The van der Waals surface area contributed by atoms with Crippen molar-refractivity contribution < 1.29 is 9.53 Å². The summed E-state index contributed by atoms with van der Waals surface area (Å²) in [6.45, 7) is 0.388. The van der Waals surface area contributed by atoms with Gasteiger partial charge in [-0.15, -0.1) is 0 Å². The van der Waals surface area contributed by atoms with Crippen LogP contribution in [0.5, 0.6) is 5.75 Å². The second-order valence-corrected chi connectivity index (χ2v) is 7.28. The largest absolute Gasteiger partial charge is 0.492 e. The maximum absolute atomic E-state index is 13.1. The highest BCUT2D eigenvalue weighted by Crippen LogP contribution is 2.28. The van der Waals surface area contributed by atoms with E-state index in [1.807, 2.05) is 54.6 Å². The number of H-pyrrole nitrogens is 1. The number of fused-ring (bicyclic) bond motifs is 1. The number of hydrogen-bond donors (Lipinski definition) is 2. The van der Waals surface area contributed by atoms with Crippen LogP contribution in [-0.4, -0.2) is 29.1 Å². The van der Waals surface area contributed by atoms with E-state index in [0.29, 0.717) is 6.42 Å². The van der Waals surface area contributed by atoms with Gasteiger partial charge in [-0.3, -0.25) is 19.1 Å². The smallest absolute Gasteiger partial charge is 0.330 e. The summed E-state index contributed by atoms with van der Waals surface area (Å²) >= 11 is 0. The molecule has 0 saturated carbocycles. The SMILES string of the molecule is CN(C(=O)C1COc2ccccc2C1)c1c(N)n(Cc2ccccc2)c(=O)[nH]c1=O. The van der Waals surface area contributed by atoms with Gasteiger partial charge in [-0.25, -0.2) is 4.79 Å². The molecule has 0 spiro atoms. The molecule has 0 bridgehead atoms. The van der Waals surface area contributed by atoms with Crippen LogP contribution >= 0.6 is 0 Å². The van der Waals surface area contributed by atoms with Crippen molar-refractivity contribution in [2.24, 2.45) is 5.92 Å². The molecule has 0 aliphatic carbocycles. The van der Waals surface area contributed by atoms with Crippen LogP contribution in [0.15, 0.2) is 64.2 Å². The second kappa shape index (κ2) is 7.90. The molecule has 3 N–H and O–H groups in total. The van der Waals surface area contributed by atoms with Crippen LogP contribution in [0.2, 0.25) is 0 Å². The van der Waals surface area contributed by atoms with Gasteiger partial charge in [0.1, 0.15) is 18.2 Å². The summed E-state index contributed by atoms with van der Waals surface area (Å²) in [4.78, 5) is 41.5. The topological polar surface area (TPSA) is 110 Å². The Bertz CT molecular complexity index is 1200. The molecule has 0 radical (unpaired) electrons. The number of amides is 1. The number of aromatic nitrogens is 2. The number of hydrogen-bond acceptors (Lipinski definition) is 5. The Kier molecular flexibility index (Phi) is 5.14. The molecular weight excluding hydrogens is 384 g/mol. The number of carbonyl (C=O) groups excluding carboxylic acids is 1. The van der Waals surface area contributed by atoms with Gasteiger partial charge in [0, 0.05) is 7.05 Å². The first kappa shape index (κ1) is 19.5. The van der Waals surface area contributed by atoms with Crippen molar-refractivity contribution in [3.8, 4) is 5.75 Å². The van der Waals surface area contributed by atoms with Gasteiger partial charge in [0.05, 0.1) is 12.5 Å². The first-order valence-corrected chi connectivity index (χ1v) is 9.60. The molecule has 2 heterocycles. The second-order valence-electron chi connectivity index (χ2n) is 7.28. The number of nitrogens with zero attached hydrogens (tertiary/aromatic N) is 2. The number of nitrogens with two attached hydrogens (primary N) is 1. The Hall–Kier alpha value is -3.81. The minimum atomic E-state index is -0.699. The number of ether oxygens (including phenoxy) is 1. The number of nitrogens with one attached hydrogen (secondary N) is 1. The van der Waals surface area contributed by atoms with Crippen LogP contribution in [-0.2, 0) is 17.8 Å². The molecule has 154 valence electrons. The molecule has 8 nitrogen and oxygen atoms in total. The van der Waals surface area contributed by atoms with E-state index in [1.54, 1.807) is 0 Å². The fraction of sp³-hybridized carbons (Fsp3) is 0.227. The lowest BCUT2D eigenvalue weighted by Crippen LogP contribution is -2.43. The summed E-state index contributed by atoms with van der Waals surface area (Å²) in [6.07, 6.45) is 0.501. The third-order valence-electron chi connectivity index (χ3n) is 5.29. The van der Waals surface area contributed by atoms with Crippen LogP contribution in [0.3, 0.4) is 0 Å². The van der Waals surface area contributed by atoms with Crippen LogP contribution in [0, 0.1) is 5.92 Å². The maximum Gasteiger partial charge on any atom is 0.330 e. The Labute approximate surface area is 172 Å². The minimum Gasteiger partial charge on any atom is -0.492 e. The zero-order valence-corrected chi connectivity index (χ0v) is 16.5. The first-order valence-electron chi connectivity index (χ1n) is 9.60. The van der Waals surface area contributed by atoms with E-state index < -0.39 is 17.2 Å². The Morgan fingerprint density at radius 2 is 1.87 bits per heavy atom. The van der Waals surface area contributed by atoms with E-state index in [9.17, 15) is 14.4 Å². The number of carbonyl (C=O) groups is 1. The molecule has 1 aromatic heterocycles. The maximum atomic E-state index is 13.1. The fourth-order valence-corrected chi connectivity index (χ4v) is 3.70. The normalized spacial score (nSPS) is 15.2. The van der Waals surface area contributed by atoms with E-state index in [0.717, 1.165) is 16.9 Å². The lowest BCUT2D eigenvalue weighted by Gasteiger charge is -2.28. The molecule has 0 saturated heterocycles. The number of anilines is 2. The van der Waals surface area contributed by atoms with Gasteiger partial charge in [-0.2, -0.15) is 0 Å². The number of aromatic amines is 1. The van der Waals surface area contributed by atoms with Crippen LogP contribution in [0.4, 0.5) is 11.5 Å². The molecule has 1 atom stereocenters. The van der Waals surface area contributed by atoms with Crippen molar-refractivity contribution in [2.75, 3.05) is 24.3 Å². The van der Waals surface area contributed by atoms with Gasteiger partial charge in [-0.05, 0) is 23.6 Å². The average molecular weight is 406 g/mol. The predicted molar refractivity (Wildman–Crippen MR) is 114 cm³/mol. The predicted octanol–water partition coefficient (Wildman–Crippen LogP) is 1.38. The molecule has 8 heteroatoms. The summed E-state index contributed by atoms with van der Waals surface area (Å²) in [5, 5.41) is 0. The molecule has 4 rings (SSSR count). The zero-order chi connectivity index (χ0) is 21.3. The number of para-hydroxylation sites is 1. The molecule has 30 heavy (non-hydrogen) atoms. The summed E-state index contributed by atoms with van der Waals surface area (Å²) in [5.74, 6) is -0.0524. The lowest BCUT2D eigenvalue weighted by atomic mass is 9.95. The van der Waals surface area contributed by atoms with E-state index in [-0.39, 0.29) is 30.6 Å². The number of benzene rings is 2. The monoisotopic (exact) mass is 406 g/mol. The molecule has 1 amide bonds. The highest BCUT2D eigenvalue weighted by atomic mass is 16.5. The Balaban J connectivity index is 1.65. The van der Waals surface area contributed by atoms with Crippen molar-refractivity contribution >= 4 is 17.4 Å². The van der Waals surface area contributed by atoms with Crippen molar-refractivity contribution in [3.63, 3.8) is 0 Å². The van der Waals surface area contributed by atoms with Gasteiger partial charge in [0.25, 0.3) is 5.56 Å². The highest BCUT2D eigenvalue weighted by molar-refractivity contribution is 5.97. The number of nitrogen functional groups attached to an aromatic ring is 1. The number of rotatable bonds is 4. The van der Waals surface area contributed by atoms with Crippen LogP contribution < -0.4 is 26.6 Å². The molecule has 1 unspecified atom stereocenters. The molecule has 0 fully saturated rings. The summed E-state index contributed by atoms with van der Waals surface area (Å²) < 4.78 is 6.96. The summed E-state index contributed by atoms with van der Waals surface area (Å²) in [7, 11) is 1.49. The molecule has 2 aromatic carbocycles. The first-order chi connectivity index (χ1) is 14.5. The van der Waals surface area contributed by atoms with E-state index in [2.05, 4.69) is 4.98 Å². The highest BCUT2D eigenvalue weighted by Gasteiger charge is 2.31. The molecule has 3 aromatic rings. The third-order valence-corrected chi connectivity index (χ3v) is 5.29. The Morgan fingerprint density at radius 1 is 1.17 bits per heavy atom. The minimum absolute atomic E-state index is 0.0469. The van der Waals surface area contributed by atoms with E-state index in [1.165, 1.54) is 16.5 Å². The van der Waals surface area contributed by atoms with Crippen LogP contribution in [0.25, 0.3) is 0 Å². The van der Waals surface area contributed by atoms with Gasteiger partial charge < -0.3 is 15.4 Å². The lowest BCUT2D eigenvalue weighted by molar-refractivity contribution is -0.123. The third kappa shape index (κ3) is 3.59. The van der Waals surface area contributed by atoms with E-state index in [4.69, 9.17) is 10.5 Å². The molecule has 1 aliphatic heterocycles. The summed E-state index contributed by atoms with van der Waals surface area (Å²) in [6, 6.07) is 16.8. The Morgan fingerprint density at radius 3 is 2.63 bits per heavy atom. The van der Waals surface area contributed by atoms with Gasteiger partial charge in [0.2, 0.25) is 5.91 Å².